The average Bonchev–Trinajstić information content (AvgIpc) is 2.80. The average molecular weight is 246 g/mol. The zero-order valence-electron chi connectivity index (χ0n) is 11.0. The van der Waals surface area contributed by atoms with Crippen LogP contribution in [0.25, 0.3) is 0 Å². The summed E-state index contributed by atoms with van der Waals surface area (Å²) in [6, 6.07) is 11.2. The molecule has 1 N–H and O–H groups in total. The molecule has 0 bridgehead atoms. The van der Waals surface area contributed by atoms with E-state index in [0.717, 1.165) is 32.6 Å². The van der Waals surface area contributed by atoms with Gasteiger partial charge in [-0.25, -0.2) is 0 Å². The number of aliphatic hydroxyl groups excluding tert-OH is 1. The Labute approximate surface area is 109 Å². The molecule has 98 valence electrons. The van der Waals surface area contributed by atoms with Gasteiger partial charge in [-0.2, -0.15) is 0 Å². The fourth-order valence-corrected chi connectivity index (χ4v) is 3.43. The third kappa shape index (κ3) is 2.30. The molecule has 1 aromatic rings. The van der Waals surface area contributed by atoms with Gasteiger partial charge in [-0.1, -0.05) is 30.3 Å². The zero-order chi connectivity index (χ0) is 12.5. The molecule has 2 saturated heterocycles. The molecule has 0 radical (unpaired) electrons. The van der Waals surface area contributed by atoms with E-state index in [9.17, 15) is 5.11 Å². The molecule has 3 rings (SSSR count). The van der Waals surface area contributed by atoms with Crippen LogP contribution < -0.4 is 0 Å². The molecule has 2 aliphatic heterocycles. The van der Waals surface area contributed by atoms with Crippen LogP contribution in [0.1, 0.15) is 12.0 Å². The van der Waals surface area contributed by atoms with Crippen molar-refractivity contribution >= 4 is 0 Å². The van der Waals surface area contributed by atoms with Crippen LogP contribution in [0.15, 0.2) is 30.3 Å². The molecule has 3 heteroatoms. The van der Waals surface area contributed by atoms with E-state index >= 15 is 0 Å². The van der Waals surface area contributed by atoms with Crippen LogP contribution in [0.2, 0.25) is 0 Å². The number of nitrogens with zero attached hydrogens (tertiary/aromatic N) is 2. The monoisotopic (exact) mass is 246 g/mol. The first-order valence-electron chi connectivity index (χ1n) is 6.88. The highest BCUT2D eigenvalue weighted by Crippen LogP contribution is 2.30. The Kier molecular flexibility index (Phi) is 3.37. The minimum atomic E-state index is -0.105. The predicted octanol–water partition coefficient (Wildman–Crippen LogP) is 1.18. The number of benzene rings is 1. The zero-order valence-corrected chi connectivity index (χ0v) is 11.0. The van der Waals surface area contributed by atoms with Gasteiger partial charge in [0, 0.05) is 38.1 Å². The van der Waals surface area contributed by atoms with Gasteiger partial charge in [-0.15, -0.1) is 0 Å². The Hall–Kier alpha value is -0.900. The molecule has 0 aromatic heterocycles. The number of aliphatic hydroxyl groups is 1. The highest BCUT2D eigenvalue weighted by Gasteiger charge is 2.41. The molecule has 2 fully saturated rings. The van der Waals surface area contributed by atoms with Crippen LogP contribution in [0, 0.1) is 5.92 Å². The summed E-state index contributed by atoms with van der Waals surface area (Å²) < 4.78 is 0. The van der Waals surface area contributed by atoms with Crippen molar-refractivity contribution in [2.75, 3.05) is 26.7 Å². The Morgan fingerprint density at radius 3 is 2.72 bits per heavy atom. The summed E-state index contributed by atoms with van der Waals surface area (Å²) in [5.41, 5.74) is 1.37. The van der Waals surface area contributed by atoms with Crippen molar-refractivity contribution in [3.05, 3.63) is 35.9 Å². The van der Waals surface area contributed by atoms with Crippen molar-refractivity contribution in [1.82, 2.24) is 9.80 Å². The van der Waals surface area contributed by atoms with Gasteiger partial charge in [0.15, 0.2) is 0 Å². The number of likely N-dealkylation sites (N-methyl/N-ethyl adjacent to an activating group) is 1. The highest BCUT2D eigenvalue weighted by atomic mass is 16.3. The van der Waals surface area contributed by atoms with E-state index in [1.807, 2.05) is 0 Å². The van der Waals surface area contributed by atoms with Crippen molar-refractivity contribution in [3.63, 3.8) is 0 Å². The van der Waals surface area contributed by atoms with E-state index in [-0.39, 0.29) is 6.10 Å². The lowest BCUT2D eigenvalue weighted by Gasteiger charge is -2.37. The molecular formula is C15H22N2O. The maximum absolute atomic E-state index is 10.1. The third-order valence-corrected chi connectivity index (χ3v) is 4.50. The molecular weight excluding hydrogens is 224 g/mol. The molecule has 2 aliphatic rings. The second-order valence-corrected chi connectivity index (χ2v) is 5.75. The maximum Gasteiger partial charge on any atom is 0.0608 e. The SMILES string of the molecule is CN1CCC(O)[C@@H]2CN(Cc3ccccc3)CC21. The summed E-state index contributed by atoms with van der Waals surface area (Å²) >= 11 is 0. The van der Waals surface area contributed by atoms with Gasteiger partial charge >= 0.3 is 0 Å². The summed E-state index contributed by atoms with van der Waals surface area (Å²) in [5, 5.41) is 10.1. The van der Waals surface area contributed by atoms with Crippen LogP contribution in [0.3, 0.4) is 0 Å². The second-order valence-electron chi connectivity index (χ2n) is 5.75. The van der Waals surface area contributed by atoms with Gasteiger partial charge in [-0.05, 0) is 19.0 Å². The molecule has 0 spiro atoms. The second kappa shape index (κ2) is 5.00. The minimum absolute atomic E-state index is 0.105. The van der Waals surface area contributed by atoms with Crippen LogP contribution in [-0.2, 0) is 6.54 Å². The van der Waals surface area contributed by atoms with Crippen LogP contribution in [0.5, 0.6) is 0 Å². The van der Waals surface area contributed by atoms with Gasteiger partial charge in [0.2, 0.25) is 0 Å². The van der Waals surface area contributed by atoms with E-state index in [1.165, 1.54) is 5.56 Å². The molecule has 3 atom stereocenters. The minimum Gasteiger partial charge on any atom is -0.393 e. The molecule has 2 heterocycles. The van der Waals surface area contributed by atoms with E-state index in [4.69, 9.17) is 0 Å². The Morgan fingerprint density at radius 2 is 2.00 bits per heavy atom. The lowest BCUT2D eigenvalue weighted by Crippen LogP contribution is -2.48. The molecule has 0 saturated carbocycles. The molecule has 0 amide bonds. The lowest BCUT2D eigenvalue weighted by atomic mass is 9.90. The van der Waals surface area contributed by atoms with E-state index < -0.39 is 0 Å². The van der Waals surface area contributed by atoms with E-state index in [2.05, 4.69) is 47.2 Å². The van der Waals surface area contributed by atoms with E-state index in [1.54, 1.807) is 0 Å². The van der Waals surface area contributed by atoms with Crippen molar-refractivity contribution < 1.29 is 5.11 Å². The lowest BCUT2D eigenvalue weighted by molar-refractivity contribution is 0.0181. The number of rotatable bonds is 2. The molecule has 2 unspecified atom stereocenters. The summed E-state index contributed by atoms with van der Waals surface area (Å²) in [6.07, 6.45) is 0.823. The quantitative estimate of drug-likeness (QED) is 0.849. The molecule has 1 aromatic carbocycles. The summed E-state index contributed by atoms with van der Waals surface area (Å²) in [6.45, 7) is 4.16. The van der Waals surface area contributed by atoms with Gasteiger partial charge in [-0.3, -0.25) is 4.90 Å². The third-order valence-electron chi connectivity index (χ3n) is 4.50. The Bertz CT molecular complexity index is 377. The van der Waals surface area contributed by atoms with Crippen molar-refractivity contribution in [3.8, 4) is 0 Å². The number of piperidine rings is 1. The first-order valence-corrected chi connectivity index (χ1v) is 6.88. The Balaban J connectivity index is 1.67. The van der Waals surface area contributed by atoms with Gasteiger partial charge in [0.05, 0.1) is 6.10 Å². The van der Waals surface area contributed by atoms with Gasteiger partial charge in [0.1, 0.15) is 0 Å². The van der Waals surface area contributed by atoms with Crippen molar-refractivity contribution in [2.45, 2.75) is 25.1 Å². The predicted molar refractivity (Wildman–Crippen MR) is 72.3 cm³/mol. The van der Waals surface area contributed by atoms with Crippen LogP contribution in [0.4, 0.5) is 0 Å². The standard InChI is InChI=1S/C15H22N2O/c1-16-8-7-15(18)13-10-17(11-14(13)16)9-12-5-3-2-4-6-12/h2-6,13-15,18H,7-11H2,1H3/t13-,14?,15?/m1/s1. The first-order chi connectivity index (χ1) is 8.74. The molecule has 3 nitrogen and oxygen atoms in total. The van der Waals surface area contributed by atoms with Crippen molar-refractivity contribution in [2.24, 2.45) is 5.92 Å². The highest BCUT2D eigenvalue weighted by molar-refractivity contribution is 5.15. The normalized spacial score (nSPS) is 33.6. The topological polar surface area (TPSA) is 26.7 Å². The molecule has 18 heavy (non-hydrogen) atoms. The first kappa shape index (κ1) is 12.2. The summed E-state index contributed by atoms with van der Waals surface area (Å²) in [4.78, 5) is 4.90. The fourth-order valence-electron chi connectivity index (χ4n) is 3.43. The fraction of sp³-hybridized carbons (Fsp3) is 0.600. The van der Waals surface area contributed by atoms with Gasteiger partial charge in [0.25, 0.3) is 0 Å². The number of hydrogen-bond donors (Lipinski definition) is 1. The smallest absolute Gasteiger partial charge is 0.0608 e. The maximum atomic E-state index is 10.1. The largest absolute Gasteiger partial charge is 0.393 e. The van der Waals surface area contributed by atoms with Crippen molar-refractivity contribution in [1.29, 1.82) is 0 Å². The summed E-state index contributed by atoms with van der Waals surface area (Å²) in [5.74, 6) is 0.437. The van der Waals surface area contributed by atoms with Crippen LogP contribution >= 0.6 is 0 Å². The number of likely N-dealkylation sites (tertiary alicyclic amines) is 2. The summed E-state index contributed by atoms with van der Waals surface area (Å²) in [7, 11) is 2.19. The molecule has 0 aliphatic carbocycles. The van der Waals surface area contributed by atoms with Crippen LogP contribution in [-0.4, -0.2) is 53.7 Å². The number of hydrogen-bond acceptors (Lipinski definition) is 3. The van der Waals surface area contributed by atoms with E-state index in [0.29, 0.717) is 12.0 Å². The Morgan fingerprint density at radius 1 is 1.22 bits per heavy atom. The van der Waals surface area contributed by atoms with Gasteiger partial charge < -0.3 is 10.0 Å². The number of fused-ring (bicyclic) bond motifs is 1.